The zero-order chi connectivity index (χ0) is 25.8. The van der Waals surface area contributed by atoms with E-state index < -0.39 is 12.0 Å². The van der Waals surface area contributed by atoms with E-state index in [0.717, 1.165) is 27.8 Å². The fourth-order valence-electron chi connectivity index (χ4n) is 4.08. The summed E-state index contributed by atoms with van der Waals surface area (Å²) in [4.78, 5) is 7.59. The van der Waals surface area contributed by atoms with Gasteiger partial charge >= 0.3 is 35.7 Å². The van der Waals surface area contributed by atoms with Crippen molar-refractivity contribution in [2.24, 2.45) is 0 Å². The van der Waals surface area contributed by atoms with Crippen LogP contribution < -0.4 is 5.32 Å². The van der Waals surface area contributed by atoms with Gasteiger partial charge in [-0.2, -0.15) is 13.2 Å². The summed E-state index contributed by atoms with van der Waals surface area (Å²) < 4.78 is 40.3. The van der Waals surface area contributed by atoms with Crippen molar-refractivity contribution in [1.82, 2.24) is 30.6 Å². The van der Waals surface area contributed by atoms with E-state index in [4.69, 9.17) is 0 Å². The zero-order valence-electron chi connectivity index (χ0n) is 19.8. The van der Waals surface area contributed by atoms with Crippen LogP contribution in [0.3, 0.4) is 0 Å². The van der Waals surface area contributed by atoms with E-state index in [1.54, 1.807) is 6.92 Å². The van der Waals surface area contributed by atoms with Crippen LogP contribution in [0.5, 0.6) is 0 Å². The maximum atomic E-state index is 13.4. The molecule has 2 N–H and O–H groups in total. The molecule has 0 aliphatic rings. The summed E-state index contributed by atoms with van der Waals surface area (Å²) >= 11 is 0. The molecule has 0 atom stereocenters. The number of aromatic amines is 1. The van der Waals surface area contributed by atoms with Crippen molar-refractivity contribution >= 4 is 35.4 Å². The first-order chi connectivity index (χ1) is 17.9. The molecule has 0 aliphatic carbocycles. The quantitative estimate of drug-likeness (QED) is 0.284. The first-order valence-electron chi connectivity index (χ1n) is 11.5. The molecule has 7 nitrogen and oxygen atoms in total. The van der Waals surface area contributed by atoms with Crippen molar-refractivity contribution < 1.29 is 13.2 Å². The SMILES string of the molecule is Cc1nc(C(F)(F)F)nc(NCc2ccc(-c3ccccc3-c3nnn[nH]3)cc2)c1Cc1ccccc1.[NaH]. The third-order valence-electron chi connectivity index (χ3n) is 5.94. The second-order valence-electron chi connectivity index (χ2n) is 8.47. The molecule has 0 aliphatic heterocycles. The number of nitrogens with one attached hydrogen (secondary N) is 2. The number of alkyl halides is 3. The van der Waals surface area contributed by atoms with Gasteiger partial charge in [0.25, 0.3) is 0 Å². The zero-order valence-corrected chi connectivity index (χ0v) is 19.8. The summed E-state index contributed by atoms with van der Waals surface area (Å²) in [6, 6.07) is 25.0. The van der Waals surface area contributed by atoms with Gasteiger partial charge in [0.15, 0.2) is 5.82 Å². The average molecular weight is 526 g/mol. The monoisotopic (exact) mass is 525 g/mol. The van der Waals surface area contributed by atoms with Gasteiger partial charge in [-0.1, -0.05) is 78.9 Å². The summed E-state index contributed by atoms with van der Waals surface area (Å²) in [7, 11) is 0. The molecule has 0 saturated heterocycles. The number of H-pyrrole nitrogens is 1. The molecule has 0 unspecified atom stereocenters. The molecule has 5 aromatic rings. The molecule has 0 amide bonds. The van der Waals surface area contributed by atoms with Crippen LogP contribution in [0.4, 0.5) is 19.0 Å². The number of hydrogen-bond donors (Lipinski definition) is 2. The Morgan fingerprint density at radius 2 is 1.50 bits per heavy atom. The summed E-state index contributed by atoms with van der Waals surface area (Å²) in [6.45, 7) is 1.88. The number of tetrazole rings is 1. The van der Waals surface area contributed by atoms with Crippen LogP contribution in [0.2, 0.25) is 0 Å². The molecule has 0 radical (unpaired) electrons. The van der Waals surface area contributed by atoms with Crippen LogP contribution in [0, 0.1) is 6.92 Å². The van der Waals surface area contributed by atoms with Crippen LogP contribution >= 0.6 is 0 Å². The molecule has 3 aromatic carbocycles. The summed E-state index contributed by atoms with van der Waals surface area (Å²) in [5.41, 5.74) is 5.54. The minimum absolute atomic E-state index is 0. The second-order valence-corrected chi connectivity index (χ2v) is 8.47. The van der Waals surface area contributed by atoms with E-state index in [0.29, 0.717) is 30.0 Å². The van der Waals surface area contributed by atoms with Crippen LogP contribution in [0.25, 0.3) is 22.5 Å². The Hall–Kier alpha value is -3.60. The topological polar surface area (TPSA) is 92.3 Å². The summed E-state index contributed by atoms with van der Waals surface area (Å²) in [5, 5.41) is 17.2. The van der Waals surface area contributed by atoms with E-state index in [1.807, 2.05) is 78.9 Å². The third kappa shape index (κ3) is 6.27. The number of aryl methyl sites for hydroxylation is 1. The first kappa shape index (κ1) is 27.4. The fourth-order valence-corrected chi connectivity index (χ4v) is 4.08. The van der Waals surface area contributed by atoms with Crippen LogP contribution in [0.15, 0.2) is 78.9 Å². The fraction of sp³-hybridized carbons (Fsp3) is 0.148. The van der Waals surface area contributed by atoms with Gasteiger partial charge in [0, 0.05) is 29.8 Å². The van der Waals surface area contributed by atoms with Gasteiger partial charge in [0.05, 0.1) is 0 Å². The maximum absolute atomic E-state index is 13.4. The Labute approximate surface area is 239 Å². The number of halogens is 3. The van der Waals surface area contributed by atoms with E-state index in [-0.39, 0.29) is 35.4 Å². The van der Waals surface area contributed by atoms with Crippen molar-refractivity contribution in [2.75, 3.05) is 5.32 Å². The van der Waals surface area contributed by atoms with Gasteiger partial charge in [-0.15, -0.1) is 5.10 Å². The van der Waals surface area contributed by atoms with Crippen LogP contribution in [-0.4, -0.2) is 60.1 Å². The molecule has 0 saturated carbocycles. The van der Waals surface area contributed by atoms with Crippen molar-refractivity contribution in [1.29, 1.82) is 0 Å². The van der Waals surface area contributed by atoms with E-state index in [9.17, 15) is 13.2 Å². The molecule has 11 heteroatoms. The molecular formula is C27H23F3N7Na. The second kappa shape index (κ2) is 11.8. The van der Waals surface area contributed by atoms with Crippen LogP contribution in [0.1, 0.15) is 28.2 Å². The Kier molecular flexibility index (Phi) is 8.55. The number of nitrogens with zero attached hydrogens (tertiary/aromatic N) is 5. The van der Waals surface area contributed by atoms with Gasteiger partial charge in [0.2, 0.25) is 5.82 Å². The molecule has 0 fully saturated rings. The van der Waals surface area contributed by atoms with Gasteiger partial charge in [-0.3, -0.25) is 0 Å². The molecule has 38 heavy (non-hydrogen) atoms. The van der Waals surface area contributed by atoms with Gasteiger partial charge in [-0.25, -0.2) is 15.1 Å². The van der Waals surface area contributed by atoms with Gasteiger partial charge < -0.3 is 5.32 Å². The summed E-state index contributed by atoms with van der Waals surface area (Å²) in [5.74, 6) is -0.416. The number of benzene rings is 3. The third-order valence-corrected chi connectivity index (χ3v) is 5.94. The van der Waals surface area contributed by atoms with E-state index in [2.05, 4.69) is 35.9 Å². The molecule has 188 valence electrons. The van der Waals surface area contributed by atoms with Crippen molar-refractivity contribution in [3.8, 4) is 22.5 Å². The number of anilines is 1. The van der Waals surface area contributed by atoms with E-state index >= 15 is 0 Å². The molecule has 2 heterocycles. The average Bonchev–Trinajstić information content (AvgIpc) is 3.44. The Morgan fingerprint density at radius 3 is 2.16 bits per heavy atom. The summed E-state index contributed by atoms with van der Waals surface area (Å²) in [6.07, 6.45) is -4.22. The number of rotatable bonds is 7. The first-order valence-corrected chi connectivity index (χ1v) is 11.5. The molecular weight excluding hydrogens is 502 g/mol. The predicted octanol–water partition coefficient (Wildman–Crippen LogP) is 5.21. The number of hydrogen-bond acceptors (Lipinski definition) is 6. The molecule has 2 aromatic heterocycles. The Balaban J connectivity index is 0.00000336. The predicted molar refractivity (Wildman–Crippen MR) is 141 cm³/mol. The number of aromatic nitrogens is 6. The Bertz CT molecular complexity index is 1490. The van der Waals surface area contributed by atoms with Crippen molar-refractivity contribution in [2.45, 2.75) is 26.1 Å². The normalized spacial score (nSPS) is 11.2. The standard InChI is InChI=1S/C27H22F3N7.Na.H/c1-17-23(15-18-7-3-2-4-8-18)24(33-26(32-17)27(28,29)30)31-16-19-11-13-20(14-12-19)21-9-5-6-10-22(21)25-34-36-37-35-25;;/h2-14H,15-16H2,1H3,(H,31,32,33)(H,34,35,36,37);;. The Morgan fingerprint density at radius 1 is 0.816 bits per heavy atom. The van der Waals surface area contributed by atoms with Gasteiger partial charge in [-0.05, 0) is 39.6 Å². The van der Waals surface area contributed by atoms with Crippen LogP contribution in [-0.2, 0) is 19.1 Å². The minimum atomic E-state index is -4.64. The molecule has 5 rings (SSSR count). The van der Waals surface area contributed by atoms with Crippen molar-refractivity contribution in [3.05, 3.63) is 107 Å². The van der Waals surface area contributed by atoms with E-state index in [1.165, 1.54) is 0 Å². The van der Waals surface area contributed by atoms with Gasteiger partial charge in [0.1, 0.15) is 5.82 Å². The molecule has 0 spiro atoms. The molecule has 0 bridgehead atoms. The van der Waals surface area contributed by atoms with Crippen molar-refractivity contribution in [3.63, 3.8) is 0 Å².